The van der Waals surface area contributed by atoms with Gasteiger partial charge in [-0.25, -0.2) is 0 Å². The number of benzene rings is 2. The lowest BCUT2D eigenvalue weighted by Gasteiger charge is -2.33. The second-order valence-corrected chi connectivity index (χ2v) is 7.71. The Morgan fingerprint density at radius 3 is 2.55 bits per heavy atom. The third-order valence-electron chi connectivity index (χ3n) is 5.51. The summed E-state index contributed by atoms with van der Waals surface area (Å²) in [5, 5.41) is 4.27. The van der Waals surface area contributed by atoms with Crippen LogP contribution in [-0.2, 0) is 4.79 Å². The summed E-state index contributed by atoms with van der Waals surface area (Å²) >= 11 is 6.20. The van der Waals surface area contributed by atoms with E-state index in [0.29, 0.717) is 42.2 Å². The van der Waals surface area contributed by atoms with Crippen molar-refractivity contribution >= 4 is 45.8 Å². The van der Waals surface area contributed by atoms with Crippen molar-refractivity contribution in [3.05, 3.63) is 58.8 Å². The zero-order chi connectivity index (χ0) is 20.5. The lowest BCUT2D eigenvalue weighted by Crippen LogP contribution is -2.38. The topological polar surface area (TPSA) is 88.6 Å². The Morgan fingerprint density at radius 2 is 1.86 bits per heavy atom. The maximum atomic E-state index is 13.0. The molecule has 2 aromatic carbocycles. The van der Waals surface area contributed by atoms with Gasteiger partial charge in [0.25, 0.3) is 5.91 Å². The number of aryl methyl sites for hydroxylation is 1. The van der Waals surface area contributed by atoms with Crippen molar-refractivity contribution in [3.8, 4) is 0 Å². The van der Waals surface area contributed by atoms with Gasteiger partial charge in [-0.15, -0.1) is 0 Å². The average Bonchev–Trinajstić information content (AvgIpc) is 3.07. The van der Waals surface area contributed by atoms with Gasteiger partial charge in [0.2, 0.25) is 5.91 Å². The van der Waals surface area contributed by atoms with E-state index in [-0.39, 0.29) is 23.5 Å². The van der Waals surface area contributed by atoms with Gasteiger partial charge in [-0.3, -0.25) is 9.59 Å². The summed E-state index contributed by atoms with van der Waals surface area (Å²) in [6.07, 6.45) is 1.41. The summed E-state index contributed by atoms with van der Waals surface area (Å²) in [6, 6.07) is 13.1. The first-order valence-electron chi connectivity index (χ1n) is 9.58. The molecule has 29 heavy (non-hydrogen) atoms. The monoisotopic (exact) mass is 411 g/mol. The zero-order valence-electron chi connectivity index (χ0n) is 16.1. The first kappa shape index (κ1) is 19.3. The van der Waals surface area contributed by atoms with Gasteiger partial charge in [-0.05, 0) is 38.0 Å². The van der Waals surface area contributed by atoms with Crippen molar-refractivity contribution in [3.63, 3.8) is 0 Å². The number of fused-ring (bicyclic) bond motifs is 1. The predicted octanol–water partition coefficient (Wildman–Crippen LogP) is 4.35. The summed E-state index contributed by atoms with van der Waals surface area (Å²) in [7, 11) is 0. The van der Waals surface area contributed by atoms with E-state index < -0.39 is 0 Å². The Labute approximate surface area is 173 Å². The van der Waals surface area contributed by atoms with E-state index >= 15 is 0 Å². The highest BCUT2D eigenvalue weighted by molar-refractivity contribution is 6.35. The molecule has 0 bridgehead atoms. The summed E-state index contributed by atoms with van der Waals surface area (Å²) < 4.78 is 5.78. The Morgan fingerprint density at radius 1 is 1.14 bits per heavy atom. The van der Waals surface area contributed by atoms with Crippen LogP contribution in [0.15, 0.2) is 46.9 Å². The normalized spacial score (nSPS) is 14.9. The van der Waals surface area contributed by atoms with Crippen molar-refractivity contribution in [1.82, 2.24) is 0 Å². The highest BCUT2D eigenvalue weighted by Crippen LogP contribution is 2.33. The van der Waals surface area contributed by atoms with Crippen LogP contribution in [0.1, 0.15) is 29.0 Å². The Balaban J connectivity index is 1.58. The van der Waals surface area contributed by atoms with E-state index in [1.807, 2.05) is 43.3 Å². The van der Waals surface area contributed by atoms with E-state index in [9.17, 15) is 9.59 Å². The number of amides is 2. The molecule has 7 heteroatoms. The highest BCUT2D eigenvalue weighted by atomic mass is 35.5. The minimum absolute atomic E-state index is 0.0871. The van der Waals surface area contributed by atoms with Crippen LogP contribution in [0.3, 0.4) is 0 Å². The van der Waals surface area contributed by atoms with Gasteiger partial charge < -0.3 is 20.4 Å². The molecule has 4 rings (SSSR count). The molecule has 2 amide bonds. The molecule has 1 aromatic heterocycles. The number of carbonyl (C=O) groups is 2. The number of carbonyl (C=O) groups excluding carboxylic acids is 2. The number of halogens is 1. The van der Waals surface area contributed by atoms with Crippen molar-refractivity contribution in [1.29, 1.82) is 0 Å². The maximum Gasteiger partial charge on any atom is 0.291 e. The molecule has 0 aliphatic carbocycles. The van der Waals surface area contributed by atoms with Crippen LogP contribution in [0.2, 0.25) is 5.02 Å². The van der Waals surface area contributed by atoms with Crippen LogP contribution < -0.4 is 16.0 Å². The highest BCUT2D eigenvalue weighted by Gasteiger charge is 2.25. The number of anilines is 2. The third kappa shape index (κ3) is 3.68. The second-order valence-electron chi connectivity index (χ2n) is 7.31. The molecule has 0 radical (unpaired) electrons. The largest absolute Gasteiger partial charge is 0.449 e. The third-order valence-corrected chi connectivity index (χ3v) is 5.81. The SMILES string of the molecule is Cc1c(C(=O)Nc2ccccc2N2CCC(C(N)=O)CC2)oc2c(Cl)cccc12. The van der Waals surface area contributed by atoms with Gasteiger partial charge in [0.1, 0.15) is 0 Å². The lowest BCUT2D eigenvalue weighted by atomic mass is 9.96. The minimum Gasteiger partial charge on any atom is -0.449 e. The number of piperidine rings is 1. The van der Waals surface area contributed by atoms with Gasteiger partial charge in [-0.2, -0.15) is 0 Å². The molecular formula is C22H22ClN3O3. The molecule has 1 aliphatic rings. The van der Waals surface area contributed by atoms with Crippen molar-refractivity contribution in [2.45, 2.75) is 19.8 Å². The molecule has 0 atom stereocenters. The van der Waals surface area contributed by atoms with Gasteiger partial charge in [0.15, 0.2) is 11.3 Å². The molecule has 1 aliphatic heterocycles. The van der Waals surface area contributed by atoms with Gasteiger partial charge in [0, 0.05) is 30.0 Å². The van der Waals surface area contributed by atoms with Crippen LogP contribution in [0.4, 0.5) is 11.4 Å². The number of hydrogen-bond donors (Lipinski definition) is 2. The van der Waals surface area contributed by atoms with Crippen LogP contribution in [0, 0.1) is 12.8 Å². The van der Waals surface area contributed by atoms with E-state index in [4.69, 9.17) is 21.8 Å². The molecule has 6 nitrogen and oxygen atoms in total. The van der Waals surface area contributed by atoms with Crippen molar-refractivity contribution < 1.29 is 14.0 Å². The summed E-state index contributed by atoms with van der Waals surface area (Å²) in [5.74, 6) is -0.411. The average molecular weight is 412 g/mol. The fourth-order valence-corrected chi connectivity index (χ4v) is 4.08. The number of nitrogens with zero attached hydrogens (tertiary/aromatic N) is 1. The number of nitrogens with two attached hydrogens (primary N) is 1. The molecular weight excluding hydrogens is 390 g/mol. The van der Waals surface area contributed by atoms with Crippen LogP contribution in [-0.4, -0.2) is 24.9 Å². The van der Waals surface area contributed by atoms with Crippen LogP contribution in [0.25, 0.3) is 11.0 Å². The van der Waals surface area contributed by atoms with Crippen LogP contribution >= 0.6 is 11.6 Å². The molecule has 1 saturated heterocycles. The maximum absolute atomic E-state index is 13.0. The van der Waals surface area contributed by atoms with E-state index in [0.717, 1.165) is 16.6 Å². The van der Waals surface area contributed by atoms with Gasteiger partial charge >= 0.3 is 0 Å². The number of nitrogens with one attached hydrogen (secondary N) is 1. The predicted molar refractivity (Wildman–Crippen MR) is 114 cm³/mol. The number of primary amides is 1. The summed E-state index contributed by atoms with van der Waals surface area (Å²) in [6.45, 7) is 3.26. The Bertz CT molecular complexity index is 1080. The Hall–Kier alpha value is -2.99. The lowest BCUT2D eigenvalue weighted by molar-refractivity contribution is -0.122. The molecule has 0 saturated carbocycles. The second kappa shape index (κ2) is 7.79. The van der Waals surface area contributed by atoms with Crippen LogP contribution in [0.5, 0.6) is 0 Å². The minimum atomic E-state index is -0.325. The van der Waals surface area contributed by atoms with E-state index in [2.05, 4.69) is 10.2 Å². The van der Waals surface area contributed by atoms with Gasteiger partial charge in [-0.1, -0.05) is 35.9 Å². The number of rotatable bonds is 4. The standard InChI is InChI=1S/C22H22ClN3O3/c1-13-15-5-4-6-16(23)20(15)29-19(13)22(28)25-17-7-2-3-8-18(17)26-11-9-14(10-12-26)21(24)27/h2-8,14H,9-12H2,1H3,(H2,24,27)(H,25,28). The molecule has 0 spiro atoms. The number of para-hydroxylation sites is 3. The number of hydrogen-bond acceptors (Lipinski definition) is 4. The molecule has 2 heterocycles. The fraction of sp³-hybridized carbons (Fsp3) is 0.273. The Kier molecular flexibility index (Phi) is 5.20. The number of furan rings is 1. The van der Waals surface area contributed by atoms with E-state index in [1.165, 1.54) is 0 Å². The molecule has 150 valence electrons. The molecule has 3 N–H and O–H groups in total. The molecule has 1 fully saturated rings. The first-order chi connectivity index (χ1) is 14.0. The smallest absolute Gasteiger partial charge is 0.291 e. The quantitative estimate of drug-likeness (QED) is 0.668. The summed E-state index contributed by atoms with van der Waals surface area (Å²) in [4.78, 5) is 26.6. The van der Waals surface area contributed by atoms with Crippen molar-refractivity contribution in [2.75, 3.05) is 23.3 Å². The summed E-state index contributed by atoms with van der Waals surface area (Å²) in [5.41, 5.74) is 8.30. The zero-order valence-corrected chi connectivity index (χ0v) is 16.8. The van der Waals surface area contributed by atoms with E-state index in [1.54, 1.807) is 6.07 Å². The van der Waals surface area contributed by atoms with Crippen molar-refractivity contribution in [2.24, 2.45) is 11.7 Å². The molecule has 3 aromatic rings. The first-order valence-corrected chi connectivity index (χ1v) is 9.95. The van der Waals surface area contributed by atoms with Gasteiger partial charge in [0.05, 0.1) is 16.4 Å². The molecule has 0 unspecified atom stereocenters. The fourth-order valence-electron chi connectivity index (χ4n) is 3.86.